The van der Waals surface area contributed by atoms with Crippen molar-refractivity contribution in [3.63, 3.8) is 0 Å². The average Bonchev–Trinajstić information content (AvgIpc) is 2.60. The molecule has 0 aliphatic rings. The average molecular weight is 405 g/mol. The summed E-state index contributed by atoms with van der Waals surface area (Å²) >= 11 is 9.46. The van der Waals surface area contributed by atoms with Gasteiger partial charge in [0.15, 0.2) is 0 Å². The van der Waals surface area contributed by atoms with Crippen molar-refractivity contribution in [1.82, 2.24) is 4.57 Å². The first-order chi connectivity index (χ1) is 11.6. The monoisotopic (exact) mass is 403 g/mol. The maximum atomic E-state index is 12.5. The minimum absolute atomic E-state index is 0.129. The van der Waals surface area contributed by atoms with Gasteiger partial charge in [0.25, 0.3) is 5.56 Å². The minimum Gasteiger partial charge on any atom is -0.487 e. The van der Waals surface area contributed by atoms with Crippen molar-refractivity contribution < 1.29 is 4.74 Å². The summed E-state index contributed by atoms with van der Waals surface area (Å²) < 4.78 is 7.80. The number of hydrogen-bond donors (Lipinski definition) is 0. The number of ether oxygens (including phenoxy) is 1. The number of benzene rings is 2. The molecule has 0 saturated heterocycles. The van der Waals surface area contributed by atoms with Crippen LogP contribution in [0.3, 0.4) is 0 Å². The zero-order valence-corrected chi connectivity index (χ0v) is 15.1. The maximum absolute atomic E-state index is 12.5. The number of hydrogen-bond acceptors (Lipinski definition) is 2. The maximum Gasteiger partial charge on any atom is 0.268 e. The molecule has 0 bridgehead atoms. The van der Waals surface area contributed by atoms with Gasteiger partial charge in [-0.1, -0.05) is 60.1 Å². The number of nitrogens with zero attached hydrogens (tertiary/aromatic N) is 1. The van der Waals surface area contributed by atoms with Crippen molar-refractivity contribution in [2.24, 2.45) is 0 Å². The van der Waals surface area contributed by atoms with Crippen LogP contribution in [0, 0.1) is 0 Å². The highest BCUT2D eigenvalue weighted by Crippen LogP contribution is 2.23. The van der Waals surface area contributed by atoms with Crippen molar-refractivity contribution in [2.45, 2.75) is 13.2 Å². The van der Waals surface area contributed by atoms with Gasteiger partial charge >= 0.3 is 0 Å². The Bertz CT molecular complexity index is 893. The fourth-order valence-corrected chi connectivity index (χ4v) is 2.98. The molecule has 3 aromatic rings. The Hall–Kier alpha value is -2.04. The first-order valence-electron chi connectivity index (χ1n) is 7.44. The van der Waals surface area contributed by atoms with E-state index in [1.165, 1.54) is 0 Å². The summed E-state index contributed by atoms with van der Waals surface area (Å²) in [5.74, 6) is 0.504. The molecule has 122 valence electrons. The first kappa shape index (κ1) is 16.8. The van der Waals surface area contributed by atoms with E-state index in [0.717, 1.165) is 11.1 Å². The van der Waals surface area contributed by atoms with Crippen molar-refractivity contribution >= 4 is 27.5 Å². The van der Waals surface area contributed by atoms with Crippen LogP contribution < -0.4 is 10.3 Å². The fraction of sp³-hybridized carbons (Fsp3) is 0.105. The Morgan fingerprint density at radius 1 is 1.00 bits per heavy atom. The van der Waals surface area contributed by atoms with Gasteiger partial charge in [0.05, 0.1) is 6.54 Å². The molecule has 2 aromatic carbocycles. The highest BCUT2D eigenvalue weighted by molar-refractivity contribution is 9.10. The van der Waals surface area contributed by atoms with Crippen LogP contribution in [-0.4, -0.2) is 4.57 Å². The van der Waals surface area contributed by atoms with Crippen LogP contribution in [0.25, 0.3) is 0 Å². The molecule has 3 rings (SSSR count). The third kappa shape index (κ3) is 3.89. The Balaban J connectivity index is 1.78. The second-order valence-corrected chi connectivity index (χ2v) is 6.49. The number of aromatic nitrogens is 1. The number of pyridine rings is 1. The molecule has 0 aliphatic carbocycles. The van der Waals surface area contributed by atoms with Gasteiger partial charge < -0.3 is 9.30 Å². The van der Waals surface area contributed by atoms with E-state index in [2.05, 4.69) is 15.9 Å². The molecule has 24 heavy (non-hydrogen) atoms. The van der Waals surface area contributed by atoms with Crippen LogP contribution in [0.2, 0.25) is 5.02 Å². The van der Waals surface area contributed by atoms with Crippen LogP contribution in [-0.2, 0) is 13.2 Å². The Labute approximate surface area is 153 Å². The van der Waals surface area contributed by atoms with Gasteiger partial charge in [-0.05, 0) is 33.6 Å². The van der Waals surface area contributed by atoms with Gasteiger partial charge in [-0.3, -0.25) is 4.79 Å². The molecule has 0 radical (unpaired) electrons. The molecule has 1 aromatic heterocycles. The van der Waals surface area contributed by atoms with Crippen molar-refractivity contribution in [3.05, 3.63) is 97.8 Å². The molecule has 0 aliphatic heterocycles. The highest BCUT2D eigenvalue weighted by atomic mass is 79.9. The normalized spacial score (nSPS) is 10.6. The summed E-state index contributed by atoms with van der Waals surface area (Å²) in [5, 5.41) is 0.644. The van der Waals surface area contributed by atoms with Crippen molar-refractivity contribution in [2.75, 3.05) is 0 Å². The number of halogens is 2. The summed E-state index contributed by atoms with van der Waals surface area (Å²) in [6.07, 6.45) is 1.74. The third-order valence-electron chi connectivity index (χ3n) is 3.61. The van der Waals surface area contributed by atoms with E-state index in [1.807, 2.05) is 54.6 Å². The first-order valence-corrected chi connectivity index (χ1v) is 8.61. The zero-order chi connectivity index (χ0) is 16.9. The Morgan fingerprint density at radius 3 is 2.46 bits per heavy atom. The van der Waals surface area contributed by atoms with Gasteiger partial charge in [-0.2, -0.15) is 0 Å². The van der Waals surface area contributed by atoms with E-state index in [1.54, 1.807) is 16.8 Å². The predicted octanol–water partition coefficient (Wildman–Crippen LogP) is 4.89. The minimum atomic E-state index is -0.129. The lowest BCUT2D eigenvalue weighted by Crippen LogP contribution is -2.21. The molecule has 5 heteroatoms. The van der Waals surface area contributed by atoms with Crippen LogP contribution >= 0.6 is 27.5 Å². The van der Waals surface area contributed by atoms with Crippen LogP contribution in [0.5, 0.6) is 5.75 Å². The van der Waals surface area contributed by atoms with E-state index in [9.17, 15) is 4.79 Å². The summed E-state index contributed by atoms with van der Waals surface area (Å²) in [6.45, 7) is 0.823. The smallest absolute Gasteiger partial charge is 0.268 e. The predicted molar refractivity (Wildman–Crippen MR) is 99.7 cm³/mol. The second-order valence-electron chi connectivity index (χ2n) is 5.29. The third-order valence-corrected chi connectivity index (χ3v) is 4.71. The molecule has 0 fully saturated rings. The molecule has 0 atom stereocenters. The lowest BCUT2D eigenvalue weighted by molar-refractivity contribution is 0.303. The van der Waals surface area contributed by atoms with Gasteiger partial charge in [-0.25, -0.2) is 0 Å². The topological polar surface area (TPSA) is 31.2 Å². The SMILES string of the molecule is O=c1c(Br)c(OCc2ccccc2Cl)ccn1Cc1ccccc1. The van der Waals surface area contributed by atoms with E-state index < -0.39 is 0 Å². The lowest BCUT2D eigenvalue weighted by atomic mass is 10.2. The van der Waals surface area contributed by atoms with Crippen molar-refractivity contribution in [3.8, 4) is 5.75 Å². The molecule has 0 amide bonds. The Kier molecular flexibility index (Phi) is 5.38. The second kappa shape index (κ2) is 7.69. The van der Waals surface area contributed by atoms with Gasteiger partial charge in [0.2, 0.25) is 0 Å². The molecule has 0 unspecified atom stereocenters. The van der Waals surface area contributed by atoms with E-state index in [4.69, 9.17) is 16.3 Å². The van der Waals surface area contributed by atoms with Crippen LogP contribution in [0.4, 0.5) is 0 Å². The summed E-state index contributed by atoms with van der Waals surface area (Å²) in [4.78, 5) is 12.5. The highest BCUT2D eigenvalue weighted by Gasteiger charge is 2.10. The van der Waals surface area contributed by atoms with E-state index in [-0.39, 0.29) is 5.56 Å². The van der Waals surface area contributed by atoms with Crippen LogP contribution in [0.15, 0.2) is 76.1 Å². The standard InChI is InChI=1S/C19H15BrClNO2/c20-18-17(24-13-15-8-4-5-9-16(15)21)10-11-22(19(18)23)12-14-6-2-1-3-7-14/h1-11H,12-13H2. The van der Waals surface area contributed by atoms with Gasteiger partial charge in [0, 0.05) is 16.8 Å². The Morgan fingerprint density at radius 2 is 1.71 bits per heavy atom. The molecule has 0 N–H and O–H groups in total. The summed E-state index contributed by atoms with van der Waals surface area (Å²) in [5.41, 5.74) is 1.81. The molecule has 0 saturated carbocycles. The molecule has 0 spiro atoms. The summed E-state index contributed by atoms with van der Waals surface area (Å²) in [7, 11) is 0. The van der Waals surface area contributed by atoms with Crippen molar-refractivity contribution in [1.29, 1.82) is 0 Å². The van der Waals surface area contributed by atoms with E-state index >= 15 is 0 Å². The summed E-state index contributed by atoms with van der Waals surface area (Å²) in [6, 6.07) is 19.1. The molecule has 3 nitrogen and oxygen atoms in total. The number of rotatable bonds is 5. The fourth-order valence-electron chi connectivity index (χ4n) is 2.32. The van der Waals surface area contributed by atoms with Gasteiger partial charge in [0.1, 0.15) is 16.8 Å². The van der Waals surface area contributed by atoms with Crippen LogP contribution in [0.1, 0.15) is 11.1 Å². The lowest BCUT2D eigenvalue weighted by Gasteiger charge is -2.12. The molecule has 1 heterocycles. The van der Waals surface area contributed by atoms with Gasteiger partial charge in [-0.15, -0.1) is 0 Å². The quantitative estimate of drug-likeness (QED) is 0.606. The largest absolute Gasteiger partial charge is 0.487 e. The van der Waals surface area contributed by atoms with E-state index in [0.29, 0.717) is 28.4 Å². The molecular formula is C19H15BrClNO2. The zero-order valence-electron chi connectivity index (χ0n) is 12.8. The molecular weight excluding hydrogens is 390 g/mol.